The van der Waals surface area contributed by atoms with E-state index in [-0.39, 0.29) is 28.2 Å². The van der Waals surface area contributed by atoms with E-state index in [1.165, 1.54) is 5.57 Å². The predicted molar refractivity (Wildman–Crippen MR) is 114 cm³/mol. The highest BCUT2D eigenvalue weighted by molar-refractivity contribution is 5.87. The Kier molecular flexibility index (Phi) is 4.79. The number of carbonyl (C=O) groups excluding carboxylic acids is 1. The number of carboxylic acids is 1. The number of nitrogens with one attached hydrogen (secondary N) is 1. The van der Waals surface area contributed by atoms with Crippen molar-refractivity contribution < 1.29 is 14.7 Å². The fraction of sp³-hybridized carbons (Fsp3) is 0.760. The van der Waals surface area contributed by atoms with Crippen LogP contribution in [0.4, 0.5) is 0 Å². The lowest BCUT2D eigenvalue weighted by Crippen LogP contribution is -2.52. The normalized spacial score (nSPS) is 41.4. The van der Waals surface area contributed by atoms with Crippen molar-refractivity contribution in [3.8, 4) is 0 Å². The SMILES string of the molecule is CC(C)(C)NC(=O)[C@@H]1CC[C@H]2[C@@H]3CC=C4C=C(C(=O)O)CC[C@]4(C)[C@H]3CC[C@]12C. The van der Waals surface area contributed by atoms with Crippen LogP contribution in [0.2, 0.25) is 0 Å². The Morgan fingerprint density at radius 2 is 1.83 bits per heavy atom. The summed E-state index contributed by atoms with van der Waals surface area (Å²) in [5.41, 5.74) is 1.82. The topological polar surface area (TPSA) is 66.4 Å². The Morgan fingerprint density at radius 1 is 1.10 bits per heavy atom. The van der Waals surface area contributed by atoms with Gasteiger partial charge in [0.1, 0.15) is 0 Å². The summed E-state index contributed by atoms with van der Waals surface area (Å²) in [5.74, 6) is 1.42. The van der Waals surface area contributed by atoms with Crippen LogP contribution in [-0.4, -0.2) is 22.5 Å². The maximum atomic E-state index is 13.1. The van der Waals surface area contributed by atoms with Gasteiger partial charge in [0.15, 0.2) is 0 Å². The fourth-order valence-electron chi connectivity index (χ4n) is 7.38. The Hall–Kier alpha value is -1.58. The minimum atomic E-state index is -0.769. The van der Waals surface area contributed by atoms with Crippen molar-refractivity contribution in [3.05, 3.63) is 23.3 Å². The average molecular weight is 400 g/mol. The third-order valence-electron chi connectivity index (χ3n) is 8.86. The number of allylic oxidation sites excluding steroid dienone is 3. The van der Waals surface area contributed by atoms with E-state index in [1.807, 2.05) is 6.08 Å². The lowest BCUT2D eigenvalue weighted by molar-refractivity contribution is -0.133. The summed E-state index contributed by atoms with van der Waals surface area (Å²) >= 11 is 0. The standard InChI is InChI=1S/C25H37NO3/c1-23(2,3)26-21(27)20-9-8-18-17-7-6-16-14-15(22(28)29)10-12-24(16,4)19(17)11-13-25(18,20)5/h6,14,17-20H,7-13H2,1-5H3,(H,26,27)(H,28,29)/t17-,18-,19-,20-,24-,25-/m0/s1. The van der Waals surface area contributed by atoms with Crippen molar-refractivity contribution >= 4 is 11.9 Å². The van der Waals surface area contributed by atoms with Crippen LogP contribution >= 0.6 is 0 Å². The molecule has 4 aliphatic carbocycles. The first-order valence-electron chi connectivity index (χ1n) is 11.4. The number of carboxylic acid groups (broad SMARTS) is 1. The molecule has 0 spiro atoms. The first-order valence-corrected chi connectivity index (χ1v) is 11.4. The minimum Gasteiger partial charge on any atom is -0.478 e. The summed E-state index contributed by atoms with van der Waals surface area (Å²) in [7, 11) is 0. The van der Waals surface area contributed by atoms with Gasteiger partial charge in [-0.15, -0.1) is 0 Å². The molecular formula is C25H37NO3. The molecule has 2 saturated carbocycles. The van der Waals surface area contributed by atoms with Crippen LogP contribution in [0.3, 0.4) is 0 Å². The molecule has 0 heterocycles. The van der Waals surface area contributed by atoms with E-state index < -0.39 is 5.97 Å². The van der Waals surface area contributed by atoms with E-state index in [1.54, 1.807) is 0 Å². The largest absolute Gasteiger partial charge is 0.478 e. The molecule has 0 unspecified atom stereocenters. The zero-order valence-electron chi connectivity index (χ0n) is 18.7. The van der Waals surface area contributed by atoms with Gasteiger partial charge in [0.2, 0.25) is 5.91 Å². The summed E-state index contributed by atoms with van der Waals surface area (Å²) in [6.45, 7) is 10.9. The third-order valence-corrected chi connectivity index (χ3v) is 8.86. The van der Waals surface area contributed by atoms with Gasteiger partial charge in [-0.3, -0.25) is 4.79 Å². The van der Waals surface area contributed by atoms with Crippen LogP contribution in [0.1, 0.15) is 79.6 Å². The molecule has 6 atom stereocenters. The molecule has 0 saturated heterocycles. The number of aliphatic carboxylic acids is 1. The van der Waals surface area contributed by atoms with Gasteiger partial charge >= 0.3 is 5.97 Å². The second kappa shape index (κ2) is 6.72. The molecule has 2 fully saturated rings. The first kappa shape index (κ1) is 20.7. The number of rotatable bonds is 2. The number of amides is 1. The maximum absolute atomic E-state index is 13.1. The van der Waals surface area contributed by atoms with Gasteiger partial charge in [0.05, 0.1) is 0 Å². The van der Waals surface area contributed by atoms with Gasteiger partial charge in [0, 0.05) is 17.0 Å². The lowest BCUT2D eigenvalue weighted by Gasteiger charge is -2.57. The quantitative estimate of drug-likeness (QED) is 0.679. The van der Waals surface area contributed by atoms with Crippen LogP contribution < -0.4 is 5.32 Å². The van der Waals surface area contributed by atoms with Crippen molar-refractivity contribution in [3.63, 3.8) is 0 Å². The van der Waals surface area contributed by atoms with E-state index in [0.29, 0.717) is 29.7 Å². The predicted octanol–water partition coefficient (Wildman–Crippen LogP) is 5.10. The third kappa shape index (κ3) is 3.27. The molecule has 2 N–H and O–H groups in total. The van der Waals surface area contributed by atoms with Crippen LogP contribution in [0, 0.1) is 34.5 Å². The minimum absolute atomic E-state index is 0.0922. The summed E-state index contributed by atoms with van der Waals surface area (Å²) in [4.78, 5) is 24.6. The molecule has 0 aromatic rings. The first-order chi connectivity index (χ1) is 13.5. The van der Waals surface area contributed by atoms with E-state index in [2.05, 4.69) is 46.0 Å². The molecule has 4 nitrogen and oxygen atoms in total. The second-order valence-corrected chi connectivity index (χ2v) is 11.6. The molecule has 4 heteroatoms. The zero-order chi connectivity index (χ0) is 21.2. The summed E-state index contributed by atoms with van der Waals surface area (Å²) < 4.78 is 0. The number of hydrogen-bond acceptors (Lipinski definition) is 2. The Labute approximate surface area is 175 Å². The fourth-order valence-corrected chi connectivity index (χ4v) is 7.38. The highest BCUT2D eigenvalue weighted by Crippen LogP contribution is 2.66. The Balaban J connectivity index is 1.60. The van der Waals surface area contributed by atoms with Crippen molar-refractivity contribution in [1.82, 2.24) is 5.32 Å². The van der Waals surface area contributed by atoms with Gasteiger partial charge in [-0.25, -0.2) is 4.79 Å². The van der Waals surface area contributed by atoms with E-state index in [9.17, 15) is 14.7 Å². The maximum Gasteiger partial charge on any atom is 0.331 e. The molecule has 4 aliphatic rings. The van der Waals surface area contributed by atoms with Gasteiger partial charge in [-0.2, -0.15) is 0 Å². The summed E-state index contributed by atoms with van der Waals surface area (Å²) in [6, 6.07) is 0. The van der Waals surface area contributed by atoms with Crippen LogP contribution in [0.15, 0.2) is 23.3 Å². The number of carbonyl (C=O) groups is 2. The number of hydrogen-bond donors (Lipinski definition) is 2. The molecule has 160 valence electrons. The molecule has 0 aliphatic heterocycles. The van der Waals surface area contributed by atoms with Gasteiger partial charge in [-0.05, 0) is 106 Å². The smallest absolute Gasteiger partial charge is 0.331 e. The van der Waals surface area contributed by atoms with Crippen molar-refractivity contribution in [1.29, 1.82) is 0 Å². The van der Waals surface area contributed by atoms with Crippen LogP contribution in [-0.2, 0) is 9.59 Å². The van der Waals surface area contributed by atoms with Crippen molar-refractivity contribution in [2.75, 3.05) is 0 Å². The van der Waals surface area contributed by atoms with E-state index >= 15 is 0 Å². The molecule has 0 radical (unpaired) electrons. The van der Waals surface area contributed by atoms with E-state index in [4.69, 9.17) is 0 Å². The molecular weight excluding hydrogens is 362 g/mol. The molecule has 29 heavy (non-hydrogen) atoms. The van der Waals surface area contributed by atoms with Crippen LogP contribution in [0.25, 0.3) is 0 Å². The average Bonchev–Trinajstić information content (AvgIpc) is 2.96. The Bertz CT molecular complexity index is 788. The second-order valence-electron chi connectivity index (χ2n) is 11.6. The summed E-state index contributed by atoms with van der Waals surface area (Å²) in [5, 5.41) is 12.7. The van der Waals surface area contributed by atoms with E-state index in [0.717, 1.165) is 38.5 Å². The van der Waals surface area contributed by atoms with Crippen molar-refractivity contribution in [2.24, 2.45) is 34.5 Å². The van der Waals surface area contributed by atoms with Crippen LogP contribution in [0.5, 0.6) is 0 Å². The highest BCUT2D eigenvalue weighted by Gasteiger charge is 2.59. The van der Waals surface area contributed by atoms with Gasteiger partial charge < -0.3 is 10.4 Å². The summed E-state index contributed by atoms with van der Waals surface area (Å²) in [6.07, 6.45) is 11.4. The molecule has 0 aromatic carbocycles. The molecule has 1 amide bonds. The highest BCUT2D eigenvalue weighted by atomic mass is 16.4. The lowest BCUT2D eigenvalue weighted by atomic mass is 9.48. The zero-order valence-corrected chi connectivity index (χ0v) is 18.7. The van der Waals surface area contributed by atoms with Gasteiger partial charge in [-0.1, -0.05) is 19.9 Å². The molecule has 4 rings (SSSR count). The monoisotopic (exact) mass is 399 g/mol. The Morgan fingerprint density at radius 3 is 2.48 bits per heavy atom. The van der Waals surface area contributed by atoms with Crippen molar-refractivity contribution in [2.45, 2.75) is 85.1 Å². The number of fused-ring (bicyclic) bond motifs is 5. The van der Waals surface area contributed by atoms with Gasteiger partial charge in [0.25, 0.3) is 0 Å². The molecule has 0 aromatic heterocycles. The molecule has 0 bridgehead atoms.